The molecule has 0 unspecified atom stereocenters. The van der Waals surface area contributed by atoms with Crippen LogP contribution in [0.25, 0.3) is 0 Å². The van der Waals surface area contributed by atoms with Gasteiger partial charge in [-0.15, -0.1) is 0 Å². The van der Waals surface area contributed by atoms with Gasteiger partial charge >= 0.3 is 11.8 Å². The summed E-state index contributed by atoms with van der Waals surface area (Å²) >= 11 is 0. The summed E-state index contributed by atoms with van der Waals surface area (Å²) in [6.07, 6.45) is -0.0564. The van der Waals surface area contributed by atoms with Gasteiger partial charge in [0.25, 0.3) is 0 Å². The van der Waals surface area contributed by atoms with Gasteiger partial charge in [0.2, 0.25) is 10.0 Å². The topological polar surface area (TPSA) is 114 Å². The summed E-state index contributed by atoms with van der Waals surface area (Å²) in [4.78, 5) is 24.4. The summed E-state index contributed by atoms with van der Waals surface area (Å²) in [5.41, 5.74) is 1.15. The highest BCUT2D eigenvalue weighted by Gasteiger charge is 2.35. The number of benzene rings is 2. The number of ether oxygens (including phenoxy) is 2. The minimum absolute atomic E-state index is 0.0372. The molecule has 11 heteroatoms. The number of hydrogen-bond acceptors (Lipinski definition) is 6. The minimum Gasteiger partial charge on any atom is -0.496 e. The van der Waals surface area contributed by atoms with Crippen LogP contribution >= 0.6 is 0 Å². The van der Waals surface area contributed by atoms with Crippen LogP contribution in [0.3, 0.4) is 0 Å². The SMILES string of the molecule is COc1ccccc1CCNC(=O)C(=O)NC[C@H]1OCCCN1S(=O)(=O)c1ccc(F)cc1C. The van der Waals surface area contributed by atoms with Crippen LogP contribution in [-0.2, 0) is 30.8 Å². The predicted octanol–water partition coefficient (Wildman–Crippen LogP) is 1.35. The van der Waals surface area contributed by atoms with Crippen molar-refractivity contribution in [2.45, 2.75) is 30.9 Å². The fraction of sp³-hybridized carbons (Fsp3) is 0.391. The van der Waals surface area contributed by atoms with Crippen molar-refractivity contribution in [1.29, 1.82) is 0 Å². The number of nitrogens with one attached hydrogen (secondary N) is 2. The molecule has 2 aromatic rings. The van der Waals surface area contributed by atoms with E-state index in [0.29, 0.717) is 25.2 Å². The fourth-order valence-corrected chi connectivity index (χ4v) is 5.46. The third-order valence-corrected chi connectivity index (χ3v) is 7.44. The number of sulfonamides is 1. The molecule has 184 valence electrons. The average molecular weight is 494 g/mol. The van der Waals surface area contributed by atoms with E-state index in [1.807, 2.05) is 18.2 Å². The van der Waals surface area contributed by atoms with Gasteiger partial charge in [-0.1, -0.05) is 18.2 Å². The highest BCUT2D eigenvalue weighted by atomic mass is 32.2. The van der Waals surface area contributed by atoms with Crippen LogP contribution in [0.2, 0.25) is 0 Å². The Hall–Kier alpha value is -3.02. The van der Waals surface area contributed by atoms with Gasteiger partial charge in [-0.05, 0) is 55.2 Å². The van der Waals surface area contributed by atoms with Crippen LogP contribution in [0.4, 0.5) is 4.39 Å². The van der Waals surface area contributed by atoms with Crippen molar-refractivity contribution >= 4 is 21.8 Å². The second kappa shape index (κ2) is 11.4. The zero-order chi connectivity index (χ0) is 24.7. The second-order valence-electron chi connectivity index (χ2n) is 7.73. The third kappa shape index (κ3) is 6.10. The molecule has 2 aromatic carbocycles. The number of carbonyl (C=O) groups excluding carboxylic acids is 2. The molecule has 0 saturated carbocycles. The zero-order valence-corrected chi connectivity index (χ0v) is 19.9. The van der Waals surface area contributed by atoms with Crippen molar-refractivity contribution in [3.05, 3.63) is 59.4 Å². The van der Waals surface area contributed by atoms with Gasteiger partial charge in [0.1, 0.15) is 17.8 Å². The van der Waals surface area contributed by atoms with Crippen molar-refractivity contribution in [3.63, 3.8) is 0 Å². The number of nitrogens with zero attached hydrogens (tertiary/aromatic N) is 1. The summed E-state index contributed by atoms with van der Waals surface area (Å²) in [6.45, 7) is 1.99. The number of methoxy groups -OCH3 is 1. The first-order valence-corrected chi connectivity index (χ1v) is 12.3. The Labute approximate surface area is 198 Å². The second-order valence-corrected chi connectivity index (χ2v) is 9.59. The van der Waals surface area contributed by atoms with E-state index in [4.69, 9.17) is 9.47 Å². The molecule has 0 aliphatic carbocycles. The molecule has 1 saturated heterocycles. The Morgan fingerprint density at radius 1 is 1.18 bits per heavy atom. The lowest BCUT2D eigenvalue weighted by atomic mass is 10.1. The van der Waals surface area contributed by atoms with Crippen LogP contribution < -0.4 is 15.4 Å². The van der Waals surface area contributed by atoms with Crippen molar-refractivity contribution < 1.29 is 31.9 Å². The van der Waals surface area contributed by atoms with Gasteiger partial charge in [-0.3, -0.25) is 9.59 Å². The van der Waals surface area contributed by atoms with Crippen LogP contribution in [0.5, 0.6) is 5.75 Å². The van der Waals surface area contributed by atoms with Gasteiger partial charge < -0.3 is 20.1 Å². The average Bonchev–Trinajstić information content (AvgIpc) is 2.82. The molecule has 9 nitrogen and oxygen atoms in total. The lowest BCUT2D eigenvalue weighted by Crippen LogP contribution is -2.53. The van der Waals surface area contributed by atoms with E-state index < -0.39 is 33.9 Å². The summed E-state index contributed by atoms with van der Waals surface area (Å²) in [7, 11) is -2.45. The molecule has 3 rings (SSSR count). The normalized spacial score (nSPS) is 16.6. The third-order valence-electron chi connectivity index (χ3n) is 5.39. The van der Waals surface area contributed by atoms with Crippen LogP contribution in [0.15, 0.2) is 47.4 Å². The quantitative estimate of drug-likeness (QED) is 0.537. The molecule has 1 atom stereocenters. The summed E-state index contributed by atoms with van der Waals surface area (Å²) in [6, 6.07) is 10.8. The molecule has 0 spiro atoms. The van der Waals surface area contributed by atoms with E-state index in [9.17, 15) is 22.4 Å². The lowest BCUT2D eigenvalue weighted by molar-refractivity contribution is -0.140. The molecule has 2 N–H and O–H groups in total. The summed E-state index contributed by atoms with van der Waals surface area (Å²) in [5.74, 6) is -1.58. The number of amides is 2. The fourth-order valence-electron chi connectivity index (χ4n) is 3.69. The van der Waals surface area contributed by atoms with E-state index in [0.717, 1.165) is 22.0 Å². The number of aryl methyl sites for hydroxylation is 1. The highest BCUT2D eigenvalue weighted by molar-refractivity contribution is 7.89. The molecule has 1 fully saturated rings. The molecule has 1 heterocycles. The maximum atomic E-state index is 13.4. The van der Waals surface area contributed by atoms with Crippen LogP contribution in [0, 0.1) is 12.7 Å². The molecular weight excluding hydrogens is 465 g/mol. The monoisotopic (exact) mass is 493 g/mol. The van der Waals surface area contributed by atoms with E-state index in [1.165, 1.54) is 13.0 Å². The van der Waals surface area contributed by atoms with Gasteiger partial charge in [0.15, 0.2) is 0 Å². The Morgan fingerprint density at radius 3 is 2.65 bits per heavy atom. The number of para-hydroxylation sites is 1. The summed E-state index contributed by atoms with van der Waals surface area (Å²) in [5, 5.41) is 4.97. The first-order chi connectivity index (χ1) is 16.2. The number of halogens is 1. The molecule has 34 heavy (non-hydrogen) atoms. The zero-order valence-electron chi connectivity index (χ0n) is 19.0. The molecular formula is C23H28FN3O6S. The van der Waals surface area contributed by atoms with Crippen molar-refractivity contribution in [2.75, 3.05) is 33.4 Å². The van der Waals surface area contributed by atoms with E-state index in [2.05, 4.69) is 10.6 Å². The van der Waals surface area contributed by atoms with E-state index >= 15 is 0 Å². The first kappa shape index (κ1) is 25.6. The molecule has 1 aliphatic heterocycles. The smallest absolute Gasteiger partial charge is 0.309 e. The van der Waals surface area contributed by atoms with Crippen molar-refractivity contribution in [2.24, 2.45) is 0 Å². The van der Waals surface area contributed by atoms with Gasteiger partial charge in [-0.25, -0.2) is 12.8 Å². The Kier molecular flexibility index (Phi) is 8.59. The number of rotatable bonds is 8. The Morgan fingerprint density at radius 2 is 1.91 bits per heavy atom. The molecule has 0 radical (unpaired) electrons. The molecule has 1 aliphatic rings. The Balaban J connectivity index is 1.57. The van der Waals surface area contributed by atoms with Crippen molar-refractivity contribution in [1.82, 2.24) is 14.9 Å². The number of carbonyl (C=O) groups is 2. The van der Waals surface area contributed by atoms with E-state index in [1.54, 1.807) is 13.2 Å². The van der Waals surface area contributed by atoms with E-state index in [-0.39, 0.29) is 30.1 Å². The van der Waals surface area contributed by atoms with Crippen LogP contribution in [-0.4, -0.2) is 64.1 Å². The standard InChI is InChI=1S/C23H28FN3O6S/c1-16-14-18(24)8-9-20(16)34(30,31)27-12-5-13-33-21(27)15-26-23(29)22(28)25-11-10-17-6-3-4-7-19(17)32-2/h3-4,6-9,14,21H,5,10-13,15H2,1-2H3,(H,25,28)(H,26,29)/t21-/m1/s1. The molecule has 2 amide bonds. The first-order valence-electron chi connectivity index (χ1n) is 10.8. The minimum atomic E-state index is -4.00. The predicted molar refractivity (Wildman–Crippen MR) is 122 cm³/mol. The van der Waals surface area contributed by atoms with Gasteiger partial charge in [-0.2, -0.15) is 4.31 Å². The lowest BCUT2D eigenvalue weighted by Gasteiger charge is -2.34. The summed E-state index contributed by atoms with van der Waals surface area (Å²) < 4.78 is 51.7. The number of hydrogen-bond donors (Lipinski definition) is 2. The molecule has 0 aromatic heterocycles. The van der Waals surface area contributed by atoms with Crippen molar-refractivity contribution in [3.8, 4) is 5.75 Å². The Bertz CT molecular complexity index is 1140. The van der Waals surface area contributed by atoms with Gasteiger partial charge in [0, 0.05) is 13.1 Å². The van der Waals surface area contributed by atoms with Crippen LogP contribution in [0.1, 0.15) is 17.5 Å². The maximum absolute atomic E-state index is 13.4. The molecule has 0 bridgehead atoms. The largest absolute Gasteiger partial charge is 0.496 e. The van der Waals surface area contributed by atoms with Gasteiger partial charge in [0.05, 0.1) is 25.2 Å². The highest BCUT2D eigenvalue weighted by Crippen LogP contribution is 2.25. The maximum Gasteiger partial charge on any atom is 0.309 e.